The molecule has 47 heavy (non-hydrogen) atoms. The van der Waals surface area contributed by atoms with Crippen molar-refractivity contribution in [3.63, 3.8) is 0 Å². The number of nitrogens with zero attached hydrogens (tertiary/aromatic N) is 7. The number of piperazine rings is 1. The minimum absolute atomic E-state index is 0.0240. The molecule has 12 nitrogen and oxygen atoms in total. The molecule has 3 aromatic heterocycles. The van der Waals surface area contributed by atoms with Crippen LogP contribution < -0.4 is 16.0 Å². The van der Waals surface area contributed by atoms with Crippen LogP contribution in [0.15, 0.2) is 43.0 Å². The van der Waals surface area contributed by atoms with E-state index in [0.717, 1.165) is 25.7 Å². The molecule has 6 rings (SSSR count). The van der Waals surface area contributed by atoms with E-state index in [2.05, 4.69) is 31.0 Å². The van der Waals surface area contributed by atoms with Gasteiger partial charge in [-0.1, -0.05) is 11.6 Å². The van der Waals surface area contributed by atoms with Crippen LogP contribution in [0, 0.1) is 0 Å². The van der Waals surface area contributed by atoms with Crippen LogP contribution in [-0.2, 0) is 17.5 Å². The van der Waals surface area contributed by atoms with Crippen LogP contribution in [0.2, 0.25) is 5.02 Å². The van der Waals surface area contributed by atoms with E-state index < -0.39 is 30.4 Å². The van der Waals surface area contributed by atoms with Gasteiger partial charge < -0.3 is 20.9 Å². The van der Waals surface area contributed by atoms with Gasteiger partial charge in [-0.2, -0.15) is 18.3 Å². The second kappa shape index (κ2) is 13.4. The number of rotatable bonds is 9. The average Bonchev–Trinajstić information content (AvgIpc) is 3.77. The molecule has 0 unspecified atom stereocenters. The van der Waals surface area contributed by atoms with E-state index in [-0.39, 0.29) is 52.1 Å². The molecular weight excluding hydrogens is 651 g/mol. The molecule has 250 valence electrons. The molecule has 0 saturated carbocycles. The lowest BCUT2D eigenvalue weighted by Gasteiger charge is -2.34. The van der Waals surface area contributed by atoms with Gasteiger partial charge in [0.1, 0.15) is 6.54 Å². The highest BCUT2D eigenvalue weighted by Crippen LogP contribution is 2.37. The molecule has 0 bridgehead atoms. The molecule has 4 aromatic rings. The summed E-state index contributed by atoms with van der Waals surface area (Å²) in [5.74, 6) is -0.117. The molecular formula is C29H30ClF5N10O2. The third-order valence-corrected chi connectivity index (χ3v) is 8.29. The van der Waals surface area contributed by atoms with E-state index in [0.29, 0.717) is 36.5 Å². The first-order valence-electron chi connectivity index (χ1n) is 14.8. The van der Waals surface area contributed by atoms with Gasteiger partial charge in [0.15, 0.2) is 17.2 Å². The van der Waals surface area contributed by atoms with Gasteiger partial charge >= 0.3 is 6.18 Å². The van der Waals surface area contributed by atoms with Crippen molar-refractivity contribution in [2.24, 2.45) is 0 Å². The predicted molar refractivity (Wildman–Crippen MR) is 162 cm³/mol. The second-order valence-corrected chi connectivity index (χ2v) is 11.7. The minimum atomic E-state index is -4.90. The Kier molecular flexibility index (Phi) is 9.29. The van der Waals surface area contributed by atoms with Crippen LogP contribution in [0.4, 0.5) is 33.5 Å². The Labute approximate surface area is 269 Å². The predicted octanol–water partition coefficient (Wildman–Crippen LogP) is 3.51. The van der Waals surface area contributed by atoms with Crippen molar-refractivity contribution in [2.45, 2.75) is 31.6 Å². The quantitative estimate of drug-likeness (QED) is 0.230. The zero-order chi connectivity index (χ0) is 33.3. The summed E-state index contributed by atoms with van der Waals surface area (Å²) in [6.45, 7) is 2.87. The molecule has 2 amide bonds. The molecule has 0 radical (unpaired) electrons. The summed E-state index contributed by atoms with van der Waals surface area (Å²) in [6.07, 6.45) is -2.07. The maximum Gasteiger partial charge on any atom is 0.435 e. The maximum absolute atomic E-state index is 13.8. The molecule has 0 spiro atoms. The van der Waals surface area contributed by atoms with Crippen LogP contribution in [0.25, 0.3) is 16.9 Å². The van der Waals surface area contributed by atoms with Crippen LogP contribution in [-0.4, -0.2) is 104 Å². The van der Waals surface area contributed by atoms with Crippen molar-refractivity contribution < 1.29 is 31.5 Å². The normalized spacial score (nSPS) is 17.5. The smallest absolute Gasteiger partial charge is 0.351 e. The highest BCUT2D eigenvalue weighted by Gasteiger charge is 2.38. The molecule has 3 N–H and O–H groups in total. The van der Waals surface area contributed by atoms with Crippen molar-refractivity contribution in [1.82, 2.24) is 44.6 Å². The zero-order valence-corrected chi connectivity index (χ0v) is 25.5. The summed E-state index contributed by atoms with van der Waals surface area (Å²) in [6, 6.07) is 4.85. The van der Waals surface area contributed by atoms with Crippen molar-refractivity contribution in [2.75, 3.05) is 51.1 Å². The Balaban J connectivity index is 1.13. The first-order chi connectivity index (χ1) is 22.5. The number of halogens is 6. The lowest BCUT2D eigenvalue weighted by Crippen LogP contribution is -2.52. The fourth-order valence-corrected chi connectivity index (χ4v) is 5.96. The highest BCUT2D eigenvalue weighted by atomic mass is 35.5. The number of benzene rings is 1. The van der Waals surface area contributed by atoms with Gasteiger partial charge in [0, 0.05) is 63.0 Å². The molecule has 2 aliphatic rings. The molecule has 1 atom stereocenters. The topological polar surface area (TPSA) is 125 Å². The Morgan fingerprint density at radius 2 is 1.91 bits per heavy atom. The largest absolute Gasteiger partial charge is 0.435 e. The molecule has 1 aromatic carbocycles. The minimum Gasteiger partial charge on any atom is -0.351 e. The molecule has 18 heteroatoms. The zero-order valence-electron chi connectivity index (χ0n) is 24.8. The second-order valence-electron chi connectivity index (χ2n) is 11.3. The van der Waals surface area contributed by atoms with Gasteiger partial charge in [0.2, 0.25) is 5.91 Å². The average molecular weight is 681 g/mol. The number of amides is 2. The number of nitrogens with one attached hydrogen (secondary N) is 3. The number of carbonyl (C=O) groups is 2. The number of alkyl halides is 5. The Morgan fingerprint density at radius 3 is 2.60 bits per heavy atom. The SMILES string of the molecule is O=C(CN1CCN(C(=O)c2ccc(Nc3nccn4c(-c5cn(CC(F)F)nc5C(F)(F)F)cnc34)cc2Cl)CC1)N[C@H]1CCNC1. The summed E-state index contributed by atoms with van der Waals surface area (Å²) in [7, 11) is 0. The van der Waals surface area contributed by atoms with E-state index in [1.807, 2.05) is 4.90 Å². The number of aromatic nitrogens is 5. The molecule has 2 aliphatic heterocycles. The number of fused-ring (bicyclic) bond motifs is 1. The number of hydrogen-bond donors (Lipinski definition) is 3. The van der Waals surface area contributed by atoms with Crippen molar-refractivity contribution in [3.05, 3.63) is 59.3 Å². The Morgan fingerprint density at radius 1 is 1.13 bits per heavy atom. The van der Waals surface area contributed by atoms with Gasteiger partial charge in [-0.25, -0.2) is 18.7 Å². The van der Waals surface area contributed by atoms with E-state index in [1.54, 1.807) is 17.0 Å². The first kappa shape index (κ1) is 32.6. The van der Waals surface area contributed by atoms with Crippen molar-refractivity contribution >= 4 is 40.6 Å². The lowest BCUT2D eigenvalue weighted by atomic mass is 10.1. The third-order valence-electron chi connectivity index (χ3n) is 7.97. The fraction of sp³-hybridized carbons (Fsp3) is 0.414. The van der Waals surface area contributed by atoms with Crippen LogP contribution in [0.1, 0.15) is 22.5 Å². The van der Waals surface area contributed by atoms with Crippen LogP contribution in [0.5, 0.6) is 0 Å². The van der Waals surface area contributed by atoms with Gasteiger partial charge in [-0.15, -0.1) is 0 Å². The maximum atomic E-state index is 13.8. The van der Waals surface area contributed by atoms with Gasteiger partial charge in [0.25, 0.3) is 12.3 Å². The number of anilines is 2. The van der Waals surface area contributed by atoms with Crippen molar-refractivity contribution in [3.8, 4) is 11.3 Å². The summed E-state index contributed by atoms with van der Waals surface area (Å²) in [5, 5.41) is 12.8. The van der Waals surface area contributed by atoms with Crippen LogP contribution in [0.3, 0.4) is 0 Å². The van der Waals surface area contributed by atoms with E-state index >= 15 is 0 Å². The summed E-state index contributed by atoms with van der Waals surface area (Å²) < 4.78 is 68.9. The van der Waals surface area contributed by atoms with Crippen LogP contribution >= 0.6 is 11.6 Å². The van der Waals surface area contributed by atoms with E-state index in [9.17, 15) is 31.5 Å². The third kappa shape index (κ3) is 7.31. The standard InChI is InChI=1S/C29H30ClF5N10O2/c30-21-11-17(1-2-19(21)28(47)43-9-7-42(8-10-43)16-24(46)39-18-3-4-36-12-18)40-26-27-38-13-22(45(27)6-5-37-26)20-14-44(15-23(31)32)41-25(20)29(33,34)35/h1-2,5-6,11,13-14,18,23,36H,3-4,7-10,12,15-16H2,(H,37,40)(H,39,46)/t18-/m0/s1. The highest BCUT2D eigenvalue weighted by molar-refractivity contribution is 6.34. The first-order valence-corrected chi connectivity index (χ1v) is 15.2. The van der Waals surface area contributed by atoms with Gasteiger partial charge in [0.05, 0.1) is 34.6 Å². The number of hydrogen-bond acceptors (Lipinski definition) is 8. The van der Waals surface area contributed by atoms with Crippen molar-refractivity contribution in [1.29, 1.82) is 0 Å². The monoisotopic (exact) mass is 680 g/mol. The molecule has 0 aliphatic carbocycles. The summed E-state index contributed by atoms with van der Waals surface area (Å²) in [4.78, 5) is 37.8. The van der Waals surface area contributed by atoms with Gasteiger partial charge in [-0.3, -0.25) is 23.6 Å². The number of imidazole rings is 1. The molecule has 2 saturated heterocycles. The summed E-state index contributed by atoms with van der Waals surface area (Å²) >= 11 is 6.52. The molecule has 2 fully saturated rings. The number of carbonyl (C=O) groups excluding carboxylic acids is 2. The Hall–Kier alpha value is -4.35. The lowest BCUT2D eigenvalue weighted by molar-refractivity contribution is -0.141. The van der Waals surface area contributed by atoms with Gasteiger partial charge in [-0.05, 0) is 31.2 Å². The van der Waals surface area contributed by atoms with E-state index in [4.69, 9.17) is 11.6 Å². The van der Waals surface area contributed by atoms with E-state index in [1.165, 1.54) is 29.1 Å². The molecule has 5 heterocycles. The fourth-order valence-electron chi connectivity index (χ4n) is 5.70. The Bertz CT molecular complexity index is 1760. The summed E-state index contributed by atoms with van der Waals surface area (Å²) in [5.41, 5.74) is -0.886.